The first-order valence-electron chi connectivity index (χ1n) is 6.52. The summed E-state index contributed by atoms with van der Waals surface area (Å²) in [7, 11) is 0. The Morgan fingerprint density at radius 2 is 1.85 bits per heavy atom. The molecule has 20 heavy (non-hydrogen) atoms. The molecular formula is C16H18ClNO2. The standard InChI is InChI=1S/C16H18ClNO2/c1-12-6-7-13(17)10-16(12)20-9-3-8-19-15-5-2-4-14(18)11-15/h2,4-7,10-11H,3,8-9,18H2,1H3. The molecule has 0 aliphatic rings. The van der Waals surface area contributed by atoms with Crippen LogP contribution in [0.1, 0.15) is 12.0 Å². The van der Waals surface area contributed by atoms with E-state index < -0.39 is 0 Å². The SMILES string of the molecule is Cc1ccc(Cl)cc1OCCCOc1cccc(N)c1. The van der Waals surface area contributed by atoms with Gasteiger partial charge in [0, 0.05) is 23.2 Å². The lowest BCUT2D eigenvalue weighted by Gasteiger charge is -2.10. The average molecular weight is 292 g/mol. The van der Waals surface area contributed by atoms with Gasteiger partial charge >= 0.3 is 0 Å². The Balaban J connectivity index is 1.73. The highest BCUT2D eigenvalue weighted by molar-refractivity contribution is 6.30. The fourth-order valence-electron chi connectivity index (χ4n) is 1.76. The van der Waals surface area contributed by atoms with Crippen molar-refractivity contribution in [2.45, 2.75) is 13.3 Å². The van der Waals surface area contributed by atoms with Crippen LogP contribution in [0.3, 0.4) is 0 Å². The molecule has 0 spiro atoms. The Morgan fingerprint density at radius 3 is 2.65 bits per heavy atom. The van der Waals surface area contributed by atoms with E-state index in [0.29, 0.717) is 23.9 Å². The zero-order chi connectivity index (χ0) is 14.4. The van der Waals surface area contributed by atoms with Gasteiger partial charge in [0.1, 0.15) is 11.5 Å². The molecule has 0 heterocycles. The lowest BCUT2D eigenvalue weighted by atomic mass is 10.2. The van der Waals surface area contributed by atoms with E-state index in [4.69, 9.17) is 26.8 Å². The van der Waals surface area contributed by atoms with E-state index in [0.717, 1.165) is 23.5 Å². The molecule has 0 amide bonds. The number of anilines is 1. The Labute approximate surface area is 124 Å². The lowest BCUT2D eigenvalue weighted by molar-refractivity contribution is 0.246. The van der Waals surface area contributed by atoms with E-state index in [2.05, 4.69) is 0 Å². The fourth-order valence-corrected chi connectivity index (χ4v) is 1.93. The van der Waals surface area contributed by atoms with Crippen LogP contribution >= 0.6 is 11.6 Å². The number of nitrogens with two attached hydrogens (primary N) is 1. The number of aryl methyl sites for hydroxylation is 1. The van der Waals surface area contributed by atoms with Crippen molar-refractivity contribution in [1.29, 1.82) is 0 Å². The maximum atomic E-state index is 5.94. The molecule has 3 nitrogen and oxygen atoms in total. The largest absolute Gasteiger partial charge is 0.493 e. The van der Waals surface area contributed by atoms with E-state index in [1.807, 2.05) is 49.4 Å². The first kappa shape index (κ1) is 14.5. The Kier molecular flexibility index (Phi) is 5.13. The molecule has 2 aromatic rings. The third-order valence-electron chi connectivity index (χ3n) is 2.82. The zero-order valence-electron chi connectivity index (χ0n) is 11.4. The number of hydrogen-bond acceptors (Lipinski definition) is 3. The molecule has 2 rings (SSSR count). The monoisotopic (exact) mass is 291 g/mol. The third-order valence-corrected chi connectivity index (χ3v) is 3.06. The molecule has 0 aromatic heterocycles. The first-order valence-corrected chi connectivity index (χ1v) is 6.90. The van der Waals surface area contributed by atoms with Crippen molar-refractivity contribution >= 4 is 17.3 Å². The summed E-state index contributed by atoms with van der Waals surface area (Å²) in [5.41, 5.74) is 7.46. The summed E-state index contributed by atoms with van der Waals surface area (Å²) in [6.07, 6.45) is 0.792. The van der Waals surface area contributed by atoms with E-state index in [1.54, 1.807) is 0 Å². The van der Waals surface area contributed by atoms with E-state index in [1.165, 1.54) is 0 Å². The van der Waals surface area contributed by atoms with Gasteiger partial charge in [-0.25, -0.2) is 0 Å². The normalized spacial score (nSPS) is 10.3. The van der Waals surface area contributed by atoms with Crippen LogP contribution in [-0.4, -0.2) is 13.2 Å². The molecule has 0 aliphatic heterocycles. The van der Waals surface area contributed by atoms with E-state index in [-0.39, 0.29) is 0 Å². The molecule has 0 fully saturated rings. The summed E-state index contributed by atoms with van der Waals surface area (Å²) in [5.74, 6) is 1.60. The zero-order valence-corrected chi connectivity index (χ0v) is 12.2. The van der Waals surface area contributed by atoms with Crippen molar-refractivity contribution in [3.63, 3.8) is 0 Å². The summed E-state index contributed by atoms with van der Waals surface area (Å²) in [6, 6.07) is 13.0. The summed E-state index contributed by atoms with van der Waals surface area (Å²) < 4.78 is 11.3. The number of benzene rings is 2. The summed E-state index contributed by atoms with van der Waals surface area (Å²) in [6.45, 7) is 3.17. The molecular weight excluding hydrogens is 274 g/mol. The van der Waals surface area contributed by atoms with Crippen molar-refractivity contribution in [3.05, 3.63) is 53.1 Å². The van der Waals surface area contributed by atoms with Crippen LogP contribution in [0, 0.1) is 6.92 Å². The Morgan fingerprint density at radius 1 is 1.05 bits per heavy atom. The number of rotatable bonds is 6. The Bertz CT molecular complexity index is 572. The summed E-state index contributed by atoms with van der Waals surface area (Å²) >= 11 is 5.94. The Hall–Kier alpha value is -1.87. The van der Waals surface area contributed by atoms with Gasteiger partial charge in [-0.05, 0) is 36.8 Å². The highest BCUT2D eigenvalue weighted by atomic mass is 35.5. The minimum Gasteiger partial charge on any atom is -0.493 e. The smallest absolute Gasteiger partial charge is 0.123 e. The number of halogens is 1. The van der Waals surface area contributed by atoms with Gasteiger partial charge < -0.3 is 15.2 Å². The van der Waals surface area contributed by atoms with E-state index in [9.17, 15) is 0 Å². The number of ether oxygens (including phenoxy) is 2. The summed E-state index contributed by atoms with van der Waals surface area (Å²) in [5, 5.41) is 0.682. The second kappa shape index (κ2) is 7.06. The quantitative estimate of drug-likeness (QED) is 0.644. The number of hydrogen-bond donors (Lipinski definition) is 1. The van der Waals surface area contributed by atoms with Gasteiger partial charge in [0.05, 0.1) is 13.2 Å². The predicted octanol–water partition coefficient (Wildman–Crippen LogP) is 4.08. The van der Waals surface area contributed by atoms with Crippen LogP contribution in [0.2, 0.25) is 5.02 Å². The molecule has 0 saturated heterocycles. The van der Waals surface area contributed by atoms with Gasteiger partial charge in [-0.15, -0.1) is 0 Å². The van der Waals surface area contributed by atoms with Crippen molar-refractivity contribution < 1.29 is 9.47 Å². The van der Waals surface area contributed by atoms with E-state index >= 15 is 0 Å². The number of nitrogen functional groups attached to an aromatic ring is 1. The lowest BCUT2D eigenvalue weighted by Crippen LogP contribution is -2.05. The highest BCUT2D eigenvalue weighted by Crippen LogP contribution is 2.22. The average Bonchev–Trinajstić information content (AvgIpc) is 2.42. The van der Waals surface area contributed by atoms with Gasteiger partial charge in [0.25, 0.3) is 0 Å². The second-order valence-corrected chi connectivity index (χ2v) is 4.97. The maximum absolute atomic E-state index is 5.94. The predicted molar refractivity (Wildman–Crippen MR) is 82.7 cm³/mol. The van der Waals surface area contributed by atoms with Crippen LogP contribution in [0.25, 0.3) is 0 Å². The maximum Gasteiger partial charge on any atom is 0.123 e. The van der Waals surface area contributed by atoms with Crippen LogP contribution in [0.15, 0.2) is 42.5 Å². The van der Waals surface area contributed by atoms with Crippen molar-refractivity contribution in [2.75, 3.05) is 18.9 Å². The molecule has 106 valence electrons. The topological polar surface area (TPSA) is 44.5 Å². The molecule has 0 saturated carbocycles. The molecule has 0 radical (unpaired) electrons. The molecule has 2 N–H and O–H groups in total. The molecule has 0 atom stereocenters. The van der Waals surface area contributed by atoms with Crippen LogP contribution < -0.4 is 15.2 Å². The third kappa shape index (κ3) is 4.35. The molecule has 2 aromatic carbocycles. The van der Waals surface area contributed by atoms with Gasteiger partial charge in [0.2, 0.25) is 0 Å². The first-order chi connectivity index (χ1) is 9.65. The van der Waals surface area contributed by atoms with Crippen LogP contribution in [0.5, 0.6) is 11.5 Å². The van der Waals surface area contributed by atoms with Crippen LogP contribution in [0.4, 0.5) is 5.69 Å². The van der Waals surface area contributed by atoms with Gasteiger partial charge in [-0.1, -0.05) is 23.7 Å². The van der Waals surface area contributed by atoms with Crippen LogP contribution in [-0.2, 0) is 0 Å². The van der Waals surface area contributed by atoms with Crippen molar-refractivity contribution in [2.24, 2.45) is 0 Å². The highest BCUT2D eigenvalue weighted by Gasteiger charge is 2.01. The molecule has 4 heteroatoms. The van der Waals surface area contributed by atoms with Crippen molar-refractivity contribution in [1.82, 2.24) is 0 Å². The van der Waals surface area contributed by atoms with Crippen molar-refractivity contribution in [3.8, 4) is 11.5 Å². The minimum absolute atomic E-state index is 0.586. The fraction of sp³-hybridized carbons (Fsp3) is 0.250. The van der Waals surface area contributed by atoms with Gasteiger partial charge in [-0.3, -0.25) is 0 Å². The van der Waals surface area contributed by atoms with Gasteiger partial charge in [0.15, 0.2) is 0 Å². The molecule has 0 aliphatic carbocycles. The summed E-state index contributed by atoms with van der Waals surface area (Å²) in [4.78, 5) is 0. The minimum atomic E-state index is 0.586. The molecule has 0 bridgehead atoms. The second-order valence-electron chi connectivity index (χ2n) is 4.53. The molecule has 0 unspecified atom stereocenters. The van der Waals surface area contributed by atoms with Gasteiger partial charge in [-0.2, -0.15) is 0 Å².